The van der Waals surface area contributed by atoms with Crippen molar-refractivity contribution in [2.75, 3.05) is 5.32 Å². The van der Waals surface area contributed by atoms with E-state index in [-0.39, 0.29) is 12.3 Å². The van der Waals surface area contributed by atoms with Crippen molar-refractivity contribution in [2.45, 2.75) is 20.3 Å². The molecule has 0 saturated carbocycles. The van der Waals surface area contributed by atoms with E-state index in [0.29, 0.717) is 5.82 Å². The van der Waals surface area contributed by atoms with Crippen molar-refractivity contribution in [3.8, 4) is 0 Å². The highest BCUT2D eigenvalue weighted by Crippen LogP contribution is 2.16. The number of hydrogen-bond acceptors (Lipinski definition) is 3. The highest BCUT2D eigenvalue weighted by Gasteiger charge is 2.08. The van der Waals surface area contributed by atoms with Crippen molar-refractivity contribution in [3.05, 3.63) is 51.9 Å². The first-order valence-corrected chi connectivity index (χ1v) is 6.69. The second-order valence-electron chi connectivity index (χ2n) is 4.26. The van der Waals surface area contributed by atoms with E-state index in [4.69, 9.17) is 0 Å². The largest absolute Gasteiger partial charge is 0.310 e. The molecule has 0 aliphatic rings. The summed E-state index contributed by atoms with van der Waals surface area (Å²) < 4.78 is 0.922. The van der Waals surface area contributed by atoms with E-state index >= 15 is 0 Å². The van der Waals surface area contributed by atoms with Crippen LogP contribution >= 0.6 is 15.9 Å². The molecule has 2 aromatic heterocycles. The van der Waals surface area contributed by atoms with Gasteiger partial charge in [0.2, 0.25) is 5.91 Å². The summed E-state index contributed by atoms with van der Waals surface area (Å²) in [4.78, 5) is 20.4. The molecule has 2 aromatic rings. The molecule has 0 saturated heterocycles. The smallest absolute Gasteiger partial charge is 0.231 e. The zero-order valence-corrected chi connectivity index (χ0v) is 12.4. The third-order valence-electron chi connectivity index (χ3n) is 2.73. The van der Waals surface area contributed by atoms with Crippen molar-refractivity contribution in [3.63, 3.8) is 0 Å². The van der Waals surface area contributed by atoms with Crippen LogP contribution in [0.4, 0.5) is 5.82 Å². The first kappa shape index (κ1) is 13.7. The number of halogens is 1. The third kappa shape index (κ3) is 3.61. The molecule has 5 heteroatoms. The van der Waals surface area contributed by atoms with Crippen LogP contribution in [0.2, 0.25) is 0 Å². The van der Waals surface area contributed by atoms with Crippen LogP contribution in [0.25, 0.3) is 0 Å². The maximum atomic E-state index is 11.9. The summed E-state index contributed by atoms with van der Waals surface area (Å²) in [6.45, 7) is 3.82. The fraction of sp³-hybridized carbons (Fsp3) is 0.214. The zero-order chi connectivity index (χ0) is 13.8. The third-order valence-corrected chi connectivity index (χ3v) is 3.57. The van der Waals surface area contributed by atoms with Gasteiger partial charge in [0.1, 0.15) is 5.82 Å². The standard InChI is InChI=1S/C14H14BrN3O/c1-9-4-3-7-16-12(9)8-14(19)18-13-6-5-11(15)10(2)17-13/h3-7H,8H2,1-2H3,(H,17,18,19). The number of anilines is 1. The van der Waals surface area contributed by atoms with Crippen LogP contribution in [-0.4, -0.2) is 15.9 Å². The normalized spacial score (nSPS) is 10.3. The summed E-state index contributed by atoms with van der Waals surface area (Å²) in [5.74, 6) is 0.440. The minimum atomic E-state index is -0.115. The van der Waals surface area contributed by atoms with Gasteiger partial charge in [0.25, 0.3) is 0 Å². The number of hydrogen-bond donors (Lipinski definition) is 1. The van der Waals surface area contributed by atoms with E-state index in [1.54, 1.807) is 12.3 Å². The highest BCUT2D eigenvalue weighted by molar-refractivity contribution is 9.10. The summed E-state index contributed by atoms with van der Waals surface area (Å²) in [5.41, 5.74) is 2.64. The number of pyridine rings is 2. The average Bonchev–Trinajstić information content (AvgIpc) is 2.37. The van der Waals surface area contributed by atoms with Gasteiger partial charge in [-0.15, -0.1) is 0 Å². The molecule has 2 rings (SSSR count). The first-order chi connectivity index (χ1) is 9.06. The van der Waals surface area contributed by atoms with Gasteiger partial charge in [-0.1, -0.05) is 6.07 Å². The molecule has 98 valence electrons. The van der Waals surface area contributed by atoms with Gasteiger partial charge < -0.3 is 5.32 Å². The lowest BCUT2D eigenvalue weighted by molar-refractivity contribution is -0.115. The second kappa shape index (κ2) is 5.93. The molecule has 0 aliphatic carbocycles. The van der Waals surface area contributed by atoms with Gasteiger partial charge in [0.05, 0.1) is 17.8 Å². The van der Waals surface area contributed by atoms with E-state index in [0.717, 1.165) is 21.4 Å². The van der Waals surface area contributed by atoms with Crippen LogP contribution < -0.4 is 5.32 Å². The number of carbonyl (C=O) groups is 1. The van der Waals surface area contributed by atoms with Crippen LogP contribution in [0.1, 0.15) is 17.0 Å². The van der Waals surface area contributed by atoms with Gasteiger partial charge in [-0.25, -0.2) is 4.98 Å². The Labute approximate surface area is 120 Å². The number of aryl methyl sites for hydroxylation is 2. The number of aromatic nitrogens is 2. The molecule has 0 fully saturated rings. The van der Waals surface area contributed by atoms with Crippen molar-refractivity contribution < 1.29 is 4.79 Å². The predicted molar refractivity (Wildman–Crippen MR) is 78.0 cm³/mol. The van der Waals surface area contributed by atoms with E-state index in [9.17, 15) is 4.79 Å². The van der Waals surface area contributed by atoms with Gasteiger partial charge >= 0.3 is 0 Å². The average molecular weight is 320 g/mol. The van der Waals surface area contributed by atoms with Gasteiger partial charge in [-0.3, -0.25) is 9.78 Å². The molecule has 0 aromatic carbocycles. The van der Waals surface area contributed by atoms with E-state index in [1.807, 2.05) is 32.0 Å². The topological polar surface area (TPSA) is 54.9 Å². The SMILES string of the molecule is Cc1cccnc1CC(=O)Nc1ccc(Br)c(C)n1. The summed E-state index contributed by atoms with van der Waals surface area (Å²) in [5, 5.41) is 2.77. The number of nitrogens with zero attached hydrogens (tertiary/aromatic N) is 2. The van der Waals surface area contributed by atoms with Gasteiger partial charge in [0.15, 0.2) is 0 Å². The molecule has 2 heterocycles. The Balaban J connectivity index is 2.05. The van der Waals surface area contributed by atoms with Gasteiger partial charge in [0, 0.05) is 10.7 Å². The Morgan fingerprint density at radius 2 is 2.11 bits per heavy atom. The quantitative estimate of drug-likeness (QED) is 0.946. The lowest BCUT2D eigenvalue weighted by Crippen LogP contribution is -2.16. The molecular formula is C14H14BrN3O. The van der Waals surface area contributed by atoms with Crippen LogP contribution in [0.3, 0.4) is 0 Å². The molecule has 19 heavy (non-hydrogen) atoms. The number of nitrogens with one attached hydrogen (secondary N) is 1. The van der Waals surface area contributed by atoms with Gasteiger partial charge in [-0.2, -0.15) is 0 Å². The Bertz CT molecular complexity index is 613. The summed E-state index contributed by atoms with van der Waals surface area (Å²) in [6.07, 6.45) is 1.95. The number of carbonyl (C=O) groups excluding carboxylic acids is 1. The van der Waals surface area contributed by atoms with Crippen LogP contribution in [0.5, 0.6) is 0 Å². The van der Waals surface area contributed by atoms with Crippen LogP contribution in [0, 0.1) is 13.8 Å². The summed E-state index contributed by atoms with van der Waals surface area (Å²) in [6, 6.07) is 7.43. The van der Waals surface area contributed by atoms with Crippen molar-refractivity contribution >= 4 is 27.7 Å². The fourth-order valence-electron chi connectivity index (χ4n) is 1.66. The monoisotopic (exact) mass is 319 g/mol. The first-order valence-electron chi connectivity index (χ1n) is 5.90. The molecule has 0 aliphatic heterocycles. The van der Waals surface area contributed by atoms with E-state index < -0.39 is 0 Å². The van der Waals surface area contributed by atoms with E-state index in [1.165, 1.54) is 0 Å². The Morgan fingerprint density at radius 3 is 2.79 bits per heavy atom. The zero-order valence-electron chi connectivity index (χ0n) is 10.8. The minimum absolute atomic E-state index is 0.115. The Morgan fingerprint density at radius 1 is 1.32 bits per heavy atom. The Kier molecular flexibility index (Phi) is 4.27. The number of rotatable bonds is 3. The molecule has 0 bridgehead atoms. The van der Waals surface area contributed by atoms with Crippen LogP contribution in [-0.2, 0) is 11.2 Å². The van der Waals surface area contributed by atoms with Crippen molar-refractivity contribution in [1.29, 1.82) is 0 Å². The molecule has 1 N–H and O–H groups in total. The molecule has 0 spiro atoms. The molecular weight excluding hydrogens is 306 g/mol. The van der Waals surface area contributed by atoms with Crippen molar-refractivity contribution in [2.24, 2.45) is 0 Å². The maximum Gasteiger partial charge on any atom is 0.231 e. The fourth-order valence-corrected chi connectivity index (χ4v) is 1.88. The maximum absolute atomic E-state index is 11.9. The lowest BCUT2D eigenvalue weighted by Gasteiger charge is -2.07. The highest BCUT2D eigenvalue weighted by atomic mass is 79.9. The van der Waals surface area contributed by atoms with E-state index in [2.05, 4.69) is 31.2 Å². The molecule has 0 atom stereocenters. The van der Waals surface area contributed by atoms with Crippen molar-refractivity contribution in [1.82, 2.24) is 9.97 Å². The summed E-state index contributed by atoms with van der Waals surface area (Å²) >= 11 is 3.37. The predicted octanol–water partition coefficient (Wildman–Crippen LogP) is 3.04. The Hall–Kier alpha value is -1.75. The summed E-state index contributed by atoms with van der Waals surface area (Å²) in [7, 11) is 0. The van der Waals surface area contributed by atoms with Gasteiger partial charge in [-0.05, 0) is 53.5 Å². The minimum Gasteiger partial charge on any atom is -0.310 e. The lowest BCUT2D eigenvalue weighted by atomic mass is 10.1. The molecule has 4 nitrogen and oxygen atoms in total. The molecule has 0 unspecified atom stereocenters. The second-order valence-corrected chi connectivity index (χ2v) is 5.11. The number of amides is 1. The molecule has 1 amide bonds. The van der Waals surface area contributed by atoms with Crippen LogP contribution in [0.15, 0.2) is 34.9 Å². The molecule has 0 radical (unpaired) electrons.